The highest BCUT2D eigenvalue weighted by atomic mass is 16.5. The Bertz CT molecular complexity index is 823. The molecule has 0 unspecified atom stereocenters. The number of morpholine rings is 1. The van der Waals surface area contributed by atoms with E-state index in [0.29, 0.717) is 17.4 Å². The molecular formula is C17H23N5O3. The van der Waals surface area contributed by atoms with Gasteiger partial charge in [0, 0.05) is 32.2 Å². The molecule has 1 amide bonds. The number of carbonyl (C=O) groups excluding carboxylic acids is 1. The Labute approximate surface area is 145 Å². The Morgan fingerprint density at radius 3 is 2.80 bits per heavy atom. The van der Waals surface area contributed by atoms with Crippen molar-refractivity contribution in [1.29, 1.82) is 0 Å². The van der Waals surface area contributed by atoms with Gasteiger partial charge in [0.25, 0.3) is 5.91 Å². The second-order valence-electron chi connectivity index (χ2n) is 6.98. The minimum Gasteiger partial charge on any atom is -0.476 e. The first-order valence-electron chi connectivity index (χ1n) is 8.54. The molecule has 3 N–H and O–H groups in total. The minimum absolute atomic E-state index is 0.168. The average molecular weight is 345 g/mol. The minimum atomic E-state index is -0.898. The number of nitrogens with one attached hydrogen (secondary N) is 1. The number of benzene rings is 1. The van der Waals surface area contributed by atoms with Gasteiger partial charge in [-0.1, -0.05) is 0 Å². The molecule has 3 heterocycles. The Kier molecular flexibility index (Phi) is 3.81. The Balaban J connectivity index is 1.64. The van der Waals surface area contributed by atoms with E-state index in [2.05, 4.69) is 15.2 Å². The quantitative estimate of drug-likeness (QED) is 0.864. The van der Waals surface area contributed by atoms with E-state index in [9.17, 15) is 4.79 Å². The van der Waals surface area contributed by atoms with Crippen molar-refractivity contribution >= 4 is 28.6 Å². The topological polar surface area (TPSA) is 94.6 Å². The molecule has 2 aromatic rings. The lowest BCUT2D eigenvalue weighted by molar-refractivity contribution is -0.129. The van der Waals surface area contributed by atoms with Crippen molar-refractivity contribution in [2.75, 3.05) is 43.9 Å². The number of hydrogen-bond acceptors (Lipinski definition) is 6. The third-order valence-corrected chi connectivity index (χ3v) is 4.78. The summed E-state index contributed by atoms with van der Waals surface area (Å²) in [6.07, 6.45) is 0. The van der Waals surface area contributed by atoms with Crippen LogP contribution in [0.15, 0.2) is 12.1 Å². The number of imidazole rings is 1. The zero-order valence-electron chi connectivity index (χ0n) is 14.5. The summed E-state index contributed by atoms with van der Waals surface area (Å²) in [4.78, 5) is 18.9. The number of fused-ring (bicyclic) bond motifs is 2. The monoisotopic (exact) mass is 345 g/mol. The van der Waals surface area contributed by atoms with Crippen LogP contribution in [0.2, 0.25) is 0 Å². The van der Waals surface area contributed by atoms with Crippen molar-refractivity contribution in [3.05, 3.63) is 12.1 Å². The third-order valence-electron chi connectivity index (χ3n) is 4.78. The Morgan fingerprint density at radius 1 is 1.28 bits per heavy atom. The molecule has 1 aromatic carbocycles. The number of ether oxygens (including phenoxy) is 2. The Hall–Kier alpha value is -2.32. The van der Waals surface area contributed by atoms with Gasteiger partial charge < -0.3 is 25.1 Å². The van der Waals surface area contributed by atoms with Crippen molar-refractivity contribution in [3.63, 3.8) is 0 Å². The molecule has 8 nitrogen and oxygen atoms in total. The van der Waals surface area contributed by atoms with E-state index in [4.69, 9.17) is 15.2 Å². The molecule has 0 aliphatic carbocycles. The molecule has 4 rings (SSSR count). The maximum Gasteiger partial charge on any atom is 0.268 e. The van der Waals surface area contributed by atoms with E-state index in [1.165, 1.54) is 0 Å². The SMILES string of the molecule is CC1(C)Oc2cc3c(cc2NC1=O)nc(N)n3CCN1CCOCC1. The first-order valence-corrected chi connectivity index (χ1v) is 8.54. The molecule has 2 aliphatic rings. The summed E-state index contributed by atoms with van der Waals surface area (Å²) in [5, 5.41) is 2.88. The van der Waals surface area contributed by atoms with Gasteiger partial charge in [-0.3, -0.25) is 9.69 Å². The van der Waals surface area contributed by atoms with Crippen LogP contribution >= 0.6 is 0 Å². The van der Waals surface area contributed by atoms with E-state index < -0.39 is 5.60 Å². The molecule has 1 aromatic heterocycles. The van der Waals surface area contributed by atoms with Gasteiger partial charge in [0.05, 0.1) is 29.9 Å². The zero-order chi connectivity index (χ0) is 17.6. The zero-order valence-corrected chi connectivity index (χ0v) is 14.5. The highest BCUT2D eigenvalue weighted by Crippen LogP contribution is 2.37. The van der Waals surface area contributed by atoms with Crippen LogP contribution in [0.1, 0.15) is 13.8 Å². The van der Waals surface area contributed by atoms with Crippen LogP contribution in [-0.2, 0) is 16.1 Å². The molecule has 2 aliphatic heterocycles. The van der Waals surface area contributed by atoms with Gasteiger partial charge in [-0.15, -0.1) is 0 Å². The highest BCUT2D eigenvalue weighted by molar-refractivity contribution is 6.02. The van der Waals surface area contributed by atoms with Crippen LogP contribution in [0, 0.1) is 0 Å². The van der Waals surface area contributed by atoms with Gasteiger partial charge in [0.2, 0.25) is 5.95 Å². The van der Waals surface area contributed by atoms with Gasteiger partial charge in [0.15, 0.2) is 5.60 Å². The number of aromatic nitrogens is 2. The van der Waals surface area contributed by atoms with E-state index >= 15 is 0 Å². The fraction of sp³-hybridized carbons (Fsp3) is 0.529. The smallest absolute Gasteiger partial charge is 0.268 e. The summed E-state index contributed by atoms with van der Waals surface area (Å²) in [5.41, 5.74) is 7.53. The normalized spacial score (nSPS) is 20.2. The largest absolute Gasteiger partial charge is 0.476 e. The first-order chi connectivity index (χ1) is 11.9. The van der Waals surface area contributed by atoms with Gasteiger partial charge in [-0.05, 0) is 19.9 Å². The van der Waals surface area contributed by atoms with E-state index in [1.54, 1.807) is 13.8 Å². The van der Waals surface area contributed by atoms with Crippen molar-refractivity contribution in [2.24, 2.45) is 0 Å². The fourth-order valence-corrected chi connectivity index (χ4v) is 3.25. The Morgan fingerprint density at radius 2 is 2.04 bits per heavy atom. The highest BCUT2D eigenvalue weighted by Gasteiger charge is 2.35. The maximum atomic E-state index is 12.1. The summed E-state index contributed by atoms with van der Waals surface area (Å²) in [5.74, 6) is 0.944. The predicted octanol–water partition coefficient (Wildman–Crippen LogP) is 1.06. The van der Waals surface area contributed by atoms with Crippen molar-refractivity contribution < 1.29 is 14.3 Å². The molecule has 0 bridgehead atoms. The van der Waals surface area contributed by atoms with E-state index in [0.717, 1.165) is 50.4 Å². The fourth-order valence-electron chi connectivity index (χ4n) is 3.25. The molecule has 8 heteroatoms. The van der Waals surface area contributed by atoms with Crippen molar-refractivity contribution in [3.8, 4) is 5.75 Å². The number of nitrogens with two attached hydrogens (primary N) is 1. The van der Waals surface area contributed by atoms with Crippen LogP contribution in [0.25, 0.3) is 11.0 Å². The number of anilines is 2. The lowest BCUT2D eigenvalue weighted by Gasteiger charge is -2.31. The lowest BCUT2D eigenvalue weighted by atomic mass is 10.1. The summed E-state index contributed by atoms with van der Waals surface area (Å²) in [6, 6.07) is 3.73. The van der Waals surface area contributed by atoms with Crippen LogP contribution in [-0.4, -0.2) is 58.8 Å². The lowest BCUT2D eigenvalue weighted by Crippen LogP contribution is -2.45. The number of carbonyl (C=O) groups is 1. The summed E-state index contributed by atoms with van der Waals surface area (Å²) in [7, 11) is 0. The molecule has 0 spiro atoms. The predicted molar refractivity (Wildman–Crippen MR) is 94.7 cm³/mol. The summed E-state index contributed by atoms with van der Waals surface area (Å²) >= 11 is 0. The summed E-state index contributed by atoms with van der Waals surface area (Å²) < 4.78 is 13.3. The number of nitrogen functional groups attached to an aromatic ring is 1. The third kappa shape index (κ3) is 2.91. The van der Waals surface area contributed by atoms with E-state index in [1.807, 2.05) is 16.7 Å². The number of amides is 1. The number of hydrogen-bond donors (Lipinski definition) is 2. The molecule has 0 atom stereocenters. The first kappa shape index (κ1) is 16.2. The molecule has 1 fully saturated rings. The van der Waals surface area contributed by atoms with Gasteiger partial charge >= 0.3 is 0 Å². The molecule has 25 heavy (non-hydrogen) atoms. The standard InChI is InChI=1S/C17H23N5O3/c1-17(2)15(23)19-12-9-11-13(10-14(12)25-17)22(16(18)20-11)4-3-21-5-7-24-8-6-21/h9-10H,3-8H2,1-2H3,(H2,18,20)(H,19,23). The second-order valence-corrected chi connectivity index (χ2v) is 6.98. The average Bonchev–Trinajstić information content (AvgIpc) is 2.87. The molecule has 134 valence electrons. The number of rotatable bonds is 3. The second kappa shape index (κ2) is 5.89. The van der Waals surface area contributed by atoms with Crippen LogP contribution in [0.4, 0.5) is 11.6 Å². The van der Waals surface area contributed by atoms with Crippen molar-refractivity contribution in [1.82, 2.24) is 14.5 Å². The number of nitrogens with zero attached hydrogens (tertiary/aromatic N) is 3. The molecule has 1 saturated heterocycles. The van der Waals surface area contributed by atoms with Gasteiger partial charge in [0.1, 0.15) is 5.75 Å². The van der Waals surface area contributed by atoms with Gasteiger partial charge in [-0.25, -0.2) is 4.98 Å². The maximum absolute atomic E-state index is 12.1. The van der Waals surface area contributed by atoms with Crippen LogP contribution < -0.4 is 15.8 Å². The van der Waals surface area contributed by atoms with Gasteiger partial charge in [-0.2, -0.15) is 0 Å². The molecule has 0 radical (unpaired) electrons. The molecule has 0 saturated carbocycles. The van der Waals surface area contributed by atoms with Crippen molar-refractivity contribution in [2.45, 2.75) is 26.0 Å². The van der Waals surface area contributed by atoms with Crippen LogP contribution in [0.3, 0.4) is 0 Å². The van der Waals surface area contributed by atoms with E-state index in [-0.39, 0.29) is 5.91 Å². The molecular weight excluding hydrogens is 322 g/mol. The summed E-state index contributed by atoms with van der Waals surface area (Å²) in [6.45, 7) is 8.55. The van der Waals surface area contributed by atoms with Crippen LogP contribution in [0.5, 0.6) is 5.75 Å².